The van der Waals surface area contributed by atoms with E-state index in [2.05, 4.69) is 30.5 Å². The topological polar surface area (TPSA) is 117 Å². The van der Waals surface area contributed by atoms with Gasteiger partial charge < -0.3 is 10.3 Å². The van der Waals surface area contributed by atoms with Crippen molar-refractivity contribution in [3.63, 3.8) is 0 Å². The minimum Gasteiger partial charge on any atom is -0.337 e. The molecule has 1 aliphatic heterocycles. The summed E-state index contributed by atoms with van der Waals surface area (Å²) in [5, 5.41) is 10.9. The van der Waals surface area contributed by atoms with Gasteiger partial charge in [-0.15, -0.1) is 10.2 Å². The standard InChI is InChI=1S/C20H19N7O2/c1-27-18-15(21-7-8-22-18)12-10-13(12)16(20(27)29)24-19(28)17-23-14(25-26-17)9-11-5-3-2-4-6-11/h2-8,12-13,16H,9-10H2,1H3,(H,24,28)(H,23,25,26)/t12-,13?,16?/m1/s1. The zero-order valence-electron chi connectivity index (χ0n) is 15.7. The first kappa shape index (κ1) is 17.5. The fraction of sp³-hybridized carbons (Fsp3) is 0.300. The lowest BCUT2D eigenvalue weighted by atomic mass is 10.1. The molecule has 1 fully saturated rings. The third-order valence-electron chi connectivity index (χ3n) is 5.49. The molecule has 2 aromatic heterocycles. The third-order valence-corrected chi connectivity index (χ3v) is 5.49. The second kappa shape index (κ2) is 6.77. The maximum atomic E-state index is 13.0. The molecular weight excluding hydrogens is 370 g/mol. The number of carbonyl (C=O) groups excluding carboxylic acids is 2. The molecule has 29 heavy (non-hydrogen) atoms. The van der Waals surface area contributed by atoms with Gasteiger partial charge in [-0.2, -0.15) is 0 Å². The van der Waals surface area contributed by atoms with Gasteiger partial charge in [-0.3, -0.25) is 19.5 Å². The van der Waals surface area contributed by atoms with Gasteiger partial charge in [-0.1, -0.05) is 30.3 Å². The molecule has 9 heteroatoms. The van der Waals surface area contributed by atoms with Crippen LogP contribution in [0.4, 0.5) is 5.82 Å². The van der Waals surface area contributed by atoms with Gasteiger partial charge in [0.25, 0.3) is 11.8 Å². The lowest BCUT2D eigenvalue weighted by molar-refractivity contribution is -0.120. The Kier molecular flexibility index (Phi) is 4.08. The molecule has 5 rings (SSSR count). The largest absolute Gasteiger partial charge is 0.337 e. The van der Waals surface area contributed by atoms with Crippen molar-refractivity contribution < 1.29 is 9.59 Å². The molecule has 3 heterocycles. The van der Waals surface area contributed by atoms with Crippen LogP contribution in [0.25, 0.3) is 0 Å². The van der Waals surface area contributed by atoms with Gasteiger partial charge in [-0.05, 0) is 17.9 Å². The highest BCUT2D eigenvalue weighted by atomic mass is 16.2. The van der Waals surface area contributed by atoms with Crippen LogP contribution in [-0.2, 0) is 11.2 Å². The van der Waals surface area contributed by atoms with E-state index in [1.165, 1.54) is 4.90 Å². The van der Waals surface area contributed by atoms with Crippen molar-refractivity contribution in [2.24, 2.45) is 5.92 Å². The van der Waals surface area contributed by atoms with Crippen LogP contribution in [0.5, 0.6) is 0 Å². The first-order valence-corrected chi connectivity index (χ1v) is 9.46. The van der Waals surface area contributed by atoms with Crippen LogP contribution in [0.15, 0.2) is 42.7 Å². The maximum absolute atomic E-state index is 13.0. The molecule has 3 aromatic rings. The van der Waals surface area contributed by atoms with E-state index in [0.717, 1.165) is 17.7 Å². The first-order chi connectivity index (χ1) is 14.1. The smallest absolute Gasteiger partial charge is 0.289 e. The Hall–Kier alpha value is -3.62. The van der Waals surface area contributed by atoms with Crippen molar-refractivity contribution in [3.8, 4) is 0 Å². The Morgan fingerprint density at radius 1 is 1.21 bits per heavy atom. The molecule has 0 saturated heterocycles. The number of aromatic amines is 1. The molecular formula is C20H19N7O2. The predicted octanol–water partition coefficient (Wildman–Crippen LogP) is 1.06. The number of hydrogen-bond acceptors (Lipinski definition) is 6. The van der Waals surface area contributed by atoms with Gasteiger partial charge in [0.15, 0.2) is 5.82 Å². The highest BCUT2D eigenvalue weighted by Crippen LogP contribution is 2.53. The molecule has 9 nitrogen and oxygen atoms in total. The second-order valence-corrected chi connectivity index (χ2v) is 7.40. The molecule has 2 amide bonds. The molecule has 0 spiro atoms. The number of hydrogen-bond donors (Lipinski definition) is 2. The van der Waals surface area contributed by atoms with Crippen LogP contribution < -0.4 is 10.2 Å². The molecule has 3 atom stereocenters. The van der Waals surface area contributed by atoms with Crippen LogP contribution in [0.3, 0.4) is 0 Å². The molecule has 1 aromatic carbocycles. The number of anilines is 1. The summed E-state index contributed by atoms with van der Waals surface area (Å²) in [7, 11) is 1.66. The number of benzene rings is 1. The third kappa shape index (κ3) is 3.14. The lowest BCUT2D eigenvalue weighted by Crippen LogP contribution is -2.48. The number of rotatable bonds is 4. The number of nitrogens with zero attached hydrogens (tertiary/aromatic N) is 5. The summed E-state index contributed by atoms with van der Waals surface area (Å²) in [6, 6.07) is 9.15. The molecule has 0 radical (unpaired) electrons. The van der Waals surface area contributed by atoms with E-state index in [0.29, 0.717) is 18.1 Å². The Morgan fingerprint density at radius 2 is 2.00 bits per heavy atom. The summed E-state index contributed by atoms with van der Waals surface area (Å²) in [5.74, 6) is 0.749. The van der Waals surface area contributed by atoms with E-state index in [1.807, 2.05) is 30.3 Å². The summed E-state index contributed by atoms with van der Waals surface area (Å²) >= 11 is 0. The van der Waals surface area contributed by atoms with Crippen LogP contribution in [0, 0.1) is 5.92 Å². The summed E-state index contributed by atoms with van der Waals surface area (Å²) in [4.78, 5) is 38.8. The van der Waals surface area contributed by atoms with E-state index in [4.69, 9.17) is 0 Å². The van der Waals surface area contributed by atoms with Crippen molar-refractivity contribution in [1.82, 2.24) is 30.5 Å². The van der Waals surface area contributed by atoms with E-state index in [-0.39, 0.29) is 23.6 Å². The van der Waals surface area contributed by atoms with E-state index >= 15 is 0 Å². The average molecular weight is 389 g/mol. The molecule has 2 aliphatic rings. The highest BCUT2D eigenvalue weighted by molar-refractivity contribution is 6.02. The zero-order valence-corrected chi connectivity index (χ0v) is 15.7. The Balaban J connectivity index is 1.32. The van der Waals surface area contributed by atoms with E-state index in [9.17, 15) is 9.59 Å². The Morgan fingerprint density at radius 3 is 2.83 bits per heavy atom. The highest BCUT2D eigenvalue weighted by Gasteiger charge is 2.53. The SMILES string of the molecule is CN1C(=O)C(NC(=O)c2nnc(Cc3ccccc3)[nH]2)C2C[C@H]2c2nccnc21. The number of aromatic nitrogens is 5. The Labute approximate surface area is 166 Å². The van der Waals surface area contributed by atoms with E-state index < -0.39 is 11.9 Å². The van der Waals surface area contributed by atoms with E-state index in [1.54, 1.807) is 19.4 Å². The first-order valence-electron chi connectivity index (χ1n) is 9.46. The fourth-order valence-electron chi connectivity index (χ4n) is 3.90. The normalized spacial score (nSPS) is 22.4. The number of H-pyrrole nitrogens is 1. The molecule has 1 aliphatic carbocycles. The summed E-state index contributed by atoms with van der Waals surface area (Å²) in [5.41, 5.74) is 1.88. The number of nitrogens with one attached hydrogen (secondary N) is 2. The van der Waals surface area contributed by atoms with Crippen molar-refractivity contribution in [2.75, 3.05) is 11.9 Å². The summed E-state index contributed by atoms with van der Waals surface area (Å²) in [6.07, 6.45) is 4.55. The van der Waals surface area contributed by atoms with Crippen LogP contribution in [-0.4, -0.2) is 50.1 Å². The lowest BCUT2D eigenvalue weighted by Gasteiger charge is -2.22. The quantitative estimate of drug-likeness (QED) is 0.689. The minimum atomic E-state index is -0.642. The average Bonchev–Trinajstić information content (AvgIpc) is 3.41. The van der Waals surface area contributed by atoms with Gasteiger partial charge >= 0.3 is 0 Å². The summed E-state index contributed by atoms with van der Waals surface area (Å²) in [6.45, 7) is 0. The van der Waals surface area contributed by atoms with Crippen LogP contribution in [0.1, 0.15) is 40.0 Å². The molecule has 146 valence electrons. The summed E-state index contributed by atoms with van der Waals surface area (Å²) < 4.78 is 0. The van der Waals surface area contributed by atoms with Gasteiger partial charge in [-0.25, -0.2) is 4.98 Å². The van der Waals surface area contributed by atoms with Gasteiger partial charge in [0, 0.05) is 31.8 Å². The zero-order chi connectivity index (χ0) is 20.0. The van der Waals surface area contributed by atoms with Crippen LogP contribution in [0.2, 0.25) is 0 Å². The van der Waals surface area contributed by atoms with Crippen molar-refractivity contribution in [3.05, 3.63) is 65.6 Å². The fourth-order valence-corrected chi connectivity index (χ4v) is 3.90. The molecule has 0 bridgehead atoms. The number of likely N-dealkylation sites (N-methyl/N-ethyl adjacent to an activating group) is 1. The van der Waals surface area contributed by atoms with Gasteiger partial charge in [0.2, 0.25) is 5.82 Å². The van der Waals surface area contributed by atoms with Gasteiger partial charge in [0.1, 0.15) is 11.9 Å². The van der Waals surface area contributed by atoms with Crippen LogP contribution >= 0.6 is 0 Å². The molecule has 2 unspecified atom stereocenters. The van der Waals surface area contributed by atoms with Crippen molar-refractivity contribution in [1.29, 1.82) is 0 Å². The number of carbonyl (C=O) groups is 2. The maximum Gasteiger partial charge on any atom is 0.289 e. The number of amides is 2. The van der Waals surface area contributed by atoms with Crippen molar-refractivity contribution >= 4 is 17.6 Å². The minimum absolute atomic E-state index is 0.0126. The molecule has 1 saturated carbocycles. The predicted molar refractivity (Wildman–Crippen MR) is 103 cm³/mol. The van der Waals surface area contributed by atoms with Crippen molar-refractivity contribution in [2.45, 2.75) is 24.8 Å². The number of fused-ring (bicyclic) bond motifs is 3. The Bertz CT molecular complexity index is 1080. The monoisotopic (exact) mass is 389 g/mol. The van der Waals surface area contributed by atoms with Gasteiger partial charge in [0.05, 0.1) is 5.69 Å². The molecule has 2 N–H and O–H groups in total. The second-order valence-electron chi connectivity index (χ2n) is 7.40.